The van der Waals surface area contributed by atoms with E-state index >= 15 is 0 Å². The van der Waals surface area contributed by atoms with Crippen molar-refractivity contribution in [2.75, 3.05) is 4.90 Å². The first kappa shape index (κ1) is 31.8. The summed E-state index contributed by atoms with van der Waals surface area (Å²) in [5.74, 6) is 0. The maximum atomic E-state index is 7.07. The van der Waals surface area contributed by atoms with E-state index in [0.717, 1.165) is 44.6 Å². The van der Waals surface area contributed by atoms with Crippen LogP contribution in [-0.2, 0) is 10.8 Å². The minimum Gasteiger partial charge on any atom is -0.456 e. The molecule has 0 aliphatic heterocycles. The molecule has 0 N–H and O–H groups in total. The van der Waals surface area contributed by atoms with Gasteiger partial charge in [0.1, 0.15) is 11.2 Å². The molecule has 0 fully saturated rings. The lowest BCUT2D eigenvalue weighted by molar-refractivity contribution is 0.638. The molecule has 0 radical (unpaired) electrons. The summed E-state index contributed by atoms with van der Waals surface area (Å²) in [5, 5.41) is 2.25. The lowest BCUT2D eigenvalue weighted by Crippen LogP contribution is -2.26. The maximum Gasteiger partial charge on any atom is 0.141 e. The van der Waals surface area contributed by atoms with E-state index in [1.54, 1.807) is 0 Å². The zero-order valence-electron chi connectivity index (χ0n) is 31.2. The number of benzene rings is 8. The molecule has 0 saturated carbocycles. The molecule has 2 nitrogen and oxygen atoms in total. The van der Waals surface area contributed by atoms with Crippen molar-refractivity contribution in [3.8, 4) is 33.4 Å². The Morgan fingerprint density at radius 3 is 1.75 bits per heavy atom. The topological polar surface area (TPSA) is 16.4 Å². The highest BCUT2D eigenvalue weighted by Crippen LogP contribution is 2.58. The quantitative estimate of drug-likeness (QED) is 0.177. The molecule has 2 aliphatic rings. The van der Waals surface area contributed by atoms with Crippen LogP contribution in [0.3, 0.4) is 0 Å². The van der Waals surface area contributed by atoms with Gasteiger partial charge < -0.3 is 9.32 Å². The fourth-order valence-electron chi connectivity index (χ4n) is 9.88. The van der Waals surface area contributed by atoms with Crippen LogP contribution in [0.15, 0.2) is 186 Å². The van der Waals surface area contributed by atoms with E-state index < -0.39 is 5.41 Å². The largest absolute Gasteiger partial charge is 0.456 e. The number of nitrogens with zero attached hydrogens (tertiary/aromatic N) is 1. The predicted octanol–water partition coefficient (Wildman–Crippen LogP) is 14.4. The number of fused-ring (bicyclic) bond motifs is 9. The lowest BCUT2D eigenvalue weighted by atomic mass is 9.72. The van der Waals surface area contributed by atoms with Crippen LogP contribution in [0.1, 0.15) is 48.6 Å². The molecule has 8 aromatic carbocycles. The predicted molar refractivity (Wildman–Crippen MR) is 229 cm³/mol. The zero-order valence-corrected chi connectivity index (χ0v) is 31.2. The van der Waals surface area contributed by atoms with Gasteiger partial charge in [-0.05, 0) is 105 Å². The highest BCUT2D eigenvalue weighted by molar-refractivity contribution is 6.09. The van der Waals surface area contributed by atoms with Gasteiger partial charge in [-0.1, -0.05) is 153 Å². The third-order valence-corrected chi connectivity index (χ3v) is 12.5. The van der Waals surface area contributed by atoms with Crippen LogP contribution < -0.4 is 4.90 Å². The average Bonchev–Trinajstić information content (AvgIpc) is 3.82. The van der Waals surface area contributed by atoms with Gasteiger partial charge in [0.15, 0.2) is 0 Å². The summed E-state index contributed by atoms with van der Waals surface area (Å²) < 4.78 is 7.07. The zero-order chi connectivity index (χ0) is 36.9. The Labute approximate surface area is 322 Å². The summed E-state index contributed by atoms with van der Waals surface area (Å²) >= 11 is 0. The van der Waals surface area contributed by atoms with Crippen LogP contribution in [0.5, 0.6) is 0 Å². The van der Waals surface area contributed by atoms with E-state index in [4.69, 9.17) is 4.42 Å². The Kier molecular flexibility index (Phi) is 6.76. The molecule has 2 heteroatoms. The molecule has 11 rings (SSSR count). The molecule has 0 saturated heterocycles. The molecule has 2 aliphatic carbocycles. The van der Waals surface area contributed by atoms with Crippen LogP contribution in [0.2, 0.25) is 0 Å². The summed E-state index contributed by atoms with van der Waals surface area (Å²) in [7, 11) is 0. The fraction of sp³-hybridized carbons (Fsp3) is 0.0943. The van der Waals surface area contributed by atoms with Crippen molar-refractivity contribution in [1.29, 1.82) is 0 Å². The Morgan fingerprint density at radius 1 is 0.418 bits per heavy atom. The second-order valence-electron chi connectivity index (χ2n) is 15.8. The first-order chi connectivity index (χ1) is 26.9. The molecule has 0 unspecified atom stereocenters. The molecule has 0 spiro atoms. The van der Waals surface area contributed by atoms with Gasteiger partial charge >= 0.3 is 0 Å². The molecule has 0 amide bonds. The van der Waals surface area contributed by atoms with E-state index in [1.807, 2.05) is 0 Å². The number of furan rings is 1. The van der Waals surface area contributed by atoms with Gasteiger partial charge in [-0.15, -0.1) is 0 Å². The smallest absolute Gasteiger partial charge is 0.141 e. The lowest BCUT2D eigenvalue weighted by Gasteiger charge is -2.35. The van der Waals surface area contributed by atoms with Crippen molar-refractivity contribution < 1.29 is 4.42 Å². The Morgan fingerprint density at radius 2 is 1.00 bits per heavy atom. The minimum absolute atomic E-state index is 0.152. The van der Waals surface area contributed by atoms with E-state index in [1.165, 1.54) is 55.6 Å². The summed E-state index contributed by atoms with van der Waals surface area (Å²) in [6.07, 6.45) is 0. The van der Waals surface area contributed by atoms with Gasteiger partial charge in [0.25, 0.3) is 0 Å². The van der Waals surface area contributed by atoms with Gasteiger partial charge in [0.05, 0.1) is 5.69 Å². The van der Waals surface area contributed by atoms with Crippen molar-refractivity contribution in [2.24, 2.45) is 0 Å². The summed E-state index contributed by atoms with van der Waals surface area (Å²) in [5.41, 5.74) is 18.4. The van der Waals surface area contributed by atoms with Gasteiger partial charge in [-0.2, -0.15) is 0 Å². The van der Waals surface area contributed by atoms with E-state index in [0.29, 0.717) is 0 Å². The molecule has 1 aromatic heterocycles. The third-order valence-electron chi connectivity index (χ3n) is 12.5. The number of rotatable bonds is 5. The normalized spacial score (nSPS) is 14.4. The number of hydrogen-bond donors (Lipinski definition) is 0. The van der Waals surface area contributed by atoms with Crippen molar-refractivity contribution >= 4 is 39.0 Å². The summed E-state index contributed by atoms with van der Waals surface area (Å²) in [4.78, 5) is 2.49. The van der Waals surface area contributed by atoms with Gasteiger partial charge in [-0.3, -0.25) is 0 Å². The second-order valence-corrected chi connectivity index (χ2v) is 15.8. The number of para-hydroxylation sites is 1. The van der Waals surface area contributed by atoms with Crippen molar-refractivity contribution in [3.05, 3.63) is 210 Å². The van der Waals surface area contributed by atoms with Crippen LogP contribution >= 0.6 is 0 Å². The third kappa shape index (κ3) is 4.49. The second kappa shape index (κ2) is 11.7. The standard InChI is InChI=1S/C53H39NO/c1-52(2)44-24-11-7-20-38(44)41-29-28-37(33-47(41)52)54(36-19-15-18-35(32-36)34-16-5-4-6-17-34)48-31-30-43-42-23-10-14-27-49(42)55-51(43)50(48)53(3)45-25-12-8-21-39(45)40-22-9-13-26-46(40)53/h4-33H,1-3H3. The first-order valence-corrected chi connectivity index (χ1v) is 19.3. The Hall–Kier alpha value is -6.64. The van der Waals surface area contributed by atoms with Crippen LogP contribution in [0.4, 0.5) is 17.1 Å². The minimum atomic E-state index is -0.530. The van der Waals surface area contributed by atoms with Crippen LogP contribution in [-0.4, -0.2) is 0 Å². The van der Waals surface area contributed by atoms with E-state index in [-0.39, 0.29) is 5.41 Å². The van der Waals surface area contributed by atoms with Crippen molar-refractivity contribution in [1.82, 2.24) is 0 Å². The SMILES string of the molecule is CC1(C)c2ccccc2-c2ccc(N(c3cccc(-c4ccccc4)c3)c3ccc4c(oc5ccccc54)c3C3(C)c4ccccc4-c4ccccc43)cc21. The van der Waals surface area contributed by atoms with Gasteiger partial charge in [0.2, 0.25) is 0 Å². The first-order valence-electron chi connectivity index (χ1n) is 19.3. The molecule has 1 heterocycles. The van der Waals surface area contributed by atoms with Gasteiger partial charge in [0, 0.05) is 38.5 Å². The van der Waals surface area contributed by atoms with Crippen LogP contribution in [0, 0.1) is 0 Å². The number of hydrogen-bond acceptors (Lipinski definition) is 2. The van der Waals surface area contributed by atoms with Crippen LogP contribution in [0.25, 0.3) is 55.3 Å². The molecule has 262 valence electrons. The monoisotopic (exact) mass is 705 g/mol. The van der Waals surface area contributed by atoms with Crippen molar-refractivity contribution in [3.63, 3.8) is 0 Å². The maximum absolute atomic E-state index is 7.07. The number of anilines is 3. The molecule has 0 bridgehead atoms. The average molecular weight is 706 g/mol. The summed E-state index contributed by atoms with van der Waals surface area (Å²) in [6.45, 7) is 7.13. The summed E-state index contributed by atoms with van der Waals surface area (Å²) in [6, 6.07) is 66.6. The highest BCUT2D eigenvalue weighted by atomic mass is 16.3. The highest BCUT2D eigenvalue weighted by Gasteiger charge is 2.45. The van der Waals surface area contributed by atoms with Gasteiger partial charge in [-0.25, -0.2) is 0 Å². The molecule has 0 atom stereocenters. The molecule has 9 aromatic rings. The fourth-order valence-corrected chi connectivity index (χ4v) is 9.88. The molecular weight excluding hydrogens is 667 g/mol. The Bertz CT molecular complexity index is 2940. The van der Waals surface area contributed by atoms with E-state index in [2.05, 4.69) is 208 Å². The molecular formula is C53H39NO. The van der Waals surface area contributed by atoms with Crippen molar-refractivity contribution in [2.45, 2.75) is 31.6 Å². The Balaban J connectivity index is 1.25. The van der Waals surface area contributed by atoms with E-state index in [9.17, 15) is 0 Å². The molecule has 55 heavy (non-hydrogen) atoms.